The minimum Gasteiger partial charge on any atom is -0.322 e. The Morgan fingerprint density at radius 1 is 1.03 bits per heavy atom. The van der Waals surface area contributed by atoms with Gasteiger partial charge in [0.1, 0.15) is 0 Å². The molecule has 154 valence electrons. The average molecular weight is 402 g/mol. The molecule has 2 N–H and O–H groups in total. The van der Waals surface area contributed by atoms with Gasteiger partial charge in [0.2, 0.25) is 0 Å². The Morgan fingerprint density at radius 3 is 2.43 bits per heavy atom. The fourth-order valence-corrected chi connectivity index (χ4v) is 3.30. The molecule has 5 nitrogen and oxygen atoms in total. The molecule has 0 radical (unpaired) electrons. The lowest BCUT2D eigenvalue weighted by Gasteiger charge is -2.22. The quantitative estimate of drug-likeness (QED) is 0.529. The van der Waals surface area contributed by atoms with E-state index in [9.17, 15) is 9.59 Å². The normalized spacial score (nSPS) is 17.2. The fourth-order valence-electron chi connectivity index (χ4n) is 3.30. The highest BCUT2D eigenvalue weighted by molar-refractivity contribution is 6.05. The van der Waals surface area contributed by atoms with Crippen LogP contribution in [-0.4, -0.2) is 17.5 Å². The van der Waals surface area contributed by atoms with Gasteiger partial charge < -0.3 is 5.32 Å². The first-order chi connectivity index (χ1) is 14.3. The number of allylic oxidation sites excluding steroid dienone is 3. The molecule has 0 saturated heterocycles. The SMILES string of the molecule is C=C(C)[C@H]1CC=C(C)/C(=N/NC(=O)c2ccc(NC(=O)c3cccc(C)c3)cc2)C1. The van der Waals surface area contributed by atoms with Gasteiger partial charge in [0.25, 0.3) is 11.8 Å². The van der Waals surface area contributed by atoms with Crippen molar-refractivity contribution in [3.05, 3.63) is 89.0 Å². The highest BCUT2D eigenvalue weighted by Gasteiger charge is 2.19. The Hall–Kier alpha value is -3.47. The smallest absolute Gasteiger partial charge is 0.271 e. The van der Waals surface area contributed by atoms with Crippen LogP contribution < -0.4 is 10.7 Å². The van der Waals surface area contributed by atoms with Crippen LogP contribution in [0.1, 0.15) is 53.0 Å². The first kappa shape index (κ1) is 21.2. The lowest BCUT2D eigenvalue weighted by molar-refractivity contribution is 0.0954. The van der Waals surface area contributed by atoms with Crippen molar-refractivity contribution < 1.29 is 9.59 Å². The van der Waals surface area contributed by atoms with Gasteiger partial charge in [-0.1, -0.05) is 35.9 Å². The molecule has 0 heterocycles. The third-order valence-electron chi connectivity index (χ3n) is 5.28. The summed E-state index contributed by atoms with van der Waals surface area (Å²) in [6.07, 6.45) is 3.88. The average Bonchev–Trinajstić information content (AvgIpc) is 2.73. The standard InChI is InChI=1S/C25H27N3O2/c1-16(2)20-9-8-18(4)23(15-20)27-28-25(30)19-10-12-22(13-11-19)26-24(29)21-7-5-6-17(3)14-21/h5-8,10-14,20H,1,9,15H2,2-4H3,(H,26,29)(H,28,30)/b27-23+/t20-/m0/s1. The molecule has 2 aromatic rings. The number of amides is 2. The summed E-state index contributed by atoms with van der Waals surface area (Å²) < 4.78 is 0. The molecule has 0 aliphatic heterocycles. The molecule has 30 heavy (non-hydrogen) atoms. The molecular weight excluding hydrogens is 374 g/mol. The van der Waals surface area contributed by atoms with Crippen molar-refractivity contribution in [2.75, 3.05) is 5.32 Å². The summed E-state index contributed by atoms with van der Waals surface area (Å²) in [7, 11) is 0. The predicted molar refractivity (Wildman–Crippen MR) is 122 cm³/mol. The molecular formula is C25H27N3O2. The number of carbonyl (C=O) groups excluding carboxylic acids is 2. The third kappa shape index (κ3) is 5.32. The fraction of sp³-hybridized carbons (Fsp3) is 0.240. The Balaban J connectivity index is 1.62. The van der Waals surface area contributed by atoms with Crippen LogP contribution in [0.4, 0.5) is 5.69 Å². The summed E-state index contributed by atoms with van der Waals surface area (Å²) >= 11 is 0. The maximum Gasteiger partial charge on any atom is 0.271 e. The maximum absolute atomic E-state index is 12.5. The highest BCUT2D eigenvalue weighted by atomic mass is 16.2. The molecule has 1 aliphatic rings. The molecule has 2 amide bonds. The van der Waals surface area contributed by atoms with Gasteiger partial charge in [-0.15, -0.1) is 0 Å². The summed E-state index contributed by atoms with van der Waals surface area (Å²) in [5.74, 6) is -0.112. The second-order valence-electron chi connectivity index (χ2n) is 7.77. The zero-order chi connectivity index (χ0) is 21.7. The van der Waals surface area contributed by atoms with Gasteiger partial charge >= 0.3 is 0 Å². The van der Waals surface area contributed by atoms with E-state index in [0.29, 0.717) is 22.7 Å². The zero-order valence-electron chi connectivity index (χ0n) is 17.7. The molecule has 0 spiro atoms. The number of aryl methyl sites for hydroxylation is 1. The molecule has 3 rings (SSSR count). The lowest BCUT2D eigenvalue weighted by Crippen LogP contribution is -2.23. The predicted octanol–water partition coefficient (Wildman–Crippen LogP) is 5.27. The summed E-state index contributed by atoms with van der Waals surface area (Å²) in [6, 6.07) is 14.1. The number of hydrazone groups is 1. The molecule has 2 aromatic carbocycles. The third-order valence-corrected chi connectivity index (χ3v) is 5.28. The summed E-state index contributed by atoms with van der Waals surface area (Å²) in [4.78, 5) is 24.8. The van der Waals surface area contributed by atoms with Crippen LogP contribution in [0.15, 0.2) is 77.4 Å². The summed E-state index contributed by atoms with van der Waals surface area (Å²) in [5.41, 5.74) is 8.45. The minimum atomic E-state index is -0.288. The molecule has 0 aromatic heterocycles. The van der Waals surface area contributed by atoms with Gasteiger partial charge in [0.05, 0.1) is 5.71 Å². The van der Waals surface area contributed by atoms with Gasteiger partial charge in [-0.3, -0.25) is 9.59 Å². The Kier molecular flexibility index (Phi) is 6.62. The van der Waals surface area contributed by atoms with Crippen molar-refractivity contribution >= 4 is 23.2 Å². The van der Waals surface area contributed by atoms with E-state index in [1.54, 1.807) is 30.3 Å². The van der Waals surface area contributed by atoms with Gasteiger partial charge in [0, 0.05) is 16.8 Å². The summed E-state index contributed by atoms with van der Waals surface area (Å²) in [6.45, 7) is 10.0. The molecule has 1 atom stereocenters. The largest absolute Gasteiger partial charge is 0.322 e. The number of hydrogen-bond acceptors (Lipinski definition) is 3. The second kappa shape index (κ2) is 9.35. The van der Waals surface area contributed by atoms with Crippen LogP contribution in [0.3, 0.4) is 0 Å². The van der Waals surface area contributed by atoms with Gasteiger partial charge in [-0.05, 0) is 81.5 Å². The monoisotopic (exact) mass is 401 g/mol. The highest BCUT2D eigenvalue weighted by Crippen LogP contribution is 2.26. The zero-order valence-corrected chi connectivity index (χ0v) is 17.7. The van der Waals surface area contributed by atoms with Gasteiger partial charge in [-0.25, -0.2) is 5.43 Å². The lowest BCUT2D eigenvalue weighted by atomic mass is 9.85. The maximum atomic E-state index is 12.5. The van der Waals surface area contributed by atoms with Crippen LogP contribution in [0, 0.1) is 12.8 Å². The van der Waals surface area contributed by atoms with E-state index in [1.807, 2.05) is 39.0 Å². The number of rotatable bonds is 5. The van der Waals surface area contributed by atoms with Crippen molar-refractivity contribution in [2.45, 2.75) is 33.6 Å². The van der Waals surface area contributed by atoms with Crippen molar-refractivity contribution in [3.63, 3.8) is 0 Å². The van der Waals surface area contributed by atoms with E-state index in [4.69, 9.17) is 0 Å². The van der Waals surface area contributed by atoms with E-state index in [2.05, 4.69) is 28.5 Å². The Bertz CT molecular complexity index is 1030. The Labute approximate surface area is 177 Å². The van der Waals surface area contributed by atoms with Crippen molar-refractivity contribution in [1.82, 2.24) is 5.43 Å². The minimum absolute atomic E-state index is 0.186. The van der Waals surface area contributed by atoms with Crippen molar-refractivity contribution in [1.29, 1.82) is 0 Å². The van der Waals surface area contributed by atoms with Crippen LogP contribution in [-0.2, 0) is 0 Å². The van der Waals surface area contributed by atoms with Crippen molar-refractivity contribution in [3.8, 4) is 0 Å². The number of benzene rings is 2. The topological polar surface area (TPSA) is 70.6 Å². The second-order valence-corrected chi connectivity index (χ2v) is 7.77. The molecule has 5 heteroatoms. The van der Waals surface area contributed by atoms with Crippen LogP contribution in [0.25, 0.3) is 0 Å². The Morgan fingerprint density at radius 2 is 1.77 bits per heavy atom. The molecule has 0 saturated carbocycles. The van der Waals surface area contributed by atoms with Crippen molar-refractivity contribution in [2.24, 2.45) is 11.0 Å². The van der Waals surface area contributed by atoms with Gasteiger partial charge in [-0.2, -0.15) is 5.10 Å². The van der Waals surface area contributed by atoms with E-state index in [0.717, 1.165) is 35.3 Å². The van der Waals surface area contributed by atoms with E-state index < -0.39 is 0 Å². The molecule has 0 fully saturated rings. The number of anilines is 1. The van der Waals surface area contributed by atoms with E-state index in [1.165, 1.54) is 0 Å². The number of carbonyl (C=O) groups is 2. The van der Waals surface area contributed by atoms with Crippen LogP contribution in [0.2, 0.25) is 0 Å². The number of nitrogens with zero attached hydrogens (tertiary/aromatic N) is 1. The van der Waals surface area contributed by atoms with E-state index >= 15 is 0 Å². The van der Waals surface area contributed by atoms with Crippen LogP contribution in [0.5, 0.6) is 0 Å². The first-order valence-corrected chi connectivity index (χ1v) is 10.0. The first-order valence-electron chi connectivity index (χ1n) is 10.0. The number of nitrogens with one attached hydrogen (secondary N) is 2. The van der Waals surface area contributed by atoms with Gasteiger partial charge in [0.15, 0.2) is 0 Å². The molecule has 0 unspecified atom stereocenters. The molecule has 0 bridgehead atoms. The number of hydrogen-bond donors (Lipinski definition) is 2. The van der Waals surface area contributed by atoms with Crippen LogP contribution >= 0.6 is 0 Å². The summed E-state index contributed by atoms with van der Waals surface area (Å²) in [5, 5.41) is 7.17. The van der Waals surface area contributed by atoms with E-state index in [-0.39, 0.29) is 11.8 Å². The molecule has 1 aliphatic carbocycles.